The van der Waals surface area contributed by atoms with E-state index in [-0.39, 0.29) is 12.3 Å². The highest BCUT2D eigenvalue weighted by Gasteiger charge is 2.43. The average molecular weight is 403 g/mol. The molecule has 1 aliphatic heterocycles. The van der Waals surface area contributed by atoms with Crippen molar-refractivity contribution in [2.75, 3.05) is 27.2 Å². The molecule has 3 rings (SSSR count). The Morgan fingerprint density at radius 2 is 1.83 bits per heavy atom. The van der Waals surface area contributed by atoms with Crippen molar-refractivity contribution in [2.45, 2.75) is 37.7 Å². The fraction of sp³-hybridized carbons (Fsp3) is 0.571. The number of amides is 3. The zero-order valence-corrected chi connectivity index (χ0v) is 16.9. The molecule has 0 spiro atoms. The van der Waals surface area contributed by atoms with Crippen LogP contribution in [0.25, 0.3) is 0 Å². The molecule has 0 radical (unpaired) electrons. The van der Waals surface area contributed by atoms with E-state index in [0.717, 1.165) is 6.42 Å². The van der Waals surface area contributed by atoms with E-state index in [9.17, 15) is 14.4 Å². The number of nitrogens with one attached hydrogen (secondary N) is 1. The number of ether oxygens (including phenoxy) is 1. The van der Waals surface area contributed by atoms with E-state index in [1.807, 2.05) is 23.1 Å². The molecule has 1 aromatic rings. The zero-order chi connectivity index (χ0) is 21.0. The minimum absolute atomic E-state index is 0.0607. The Morgan fingerprint density at radius 1 is 1.10 bits per heavy atom. The van der Waals surface area contributed by atoms with Crippen molar-refractivity contribution in [3.63, 3.8) is 0 Å². The highest BCUT2D eigenvalue weighted by atomic mass is 16.6. The molecule has 29 heavy (non-hydrogen) atoms. The van der Waals surface area contributed by atoms with E-state index < -0.39 is 29.9 Å². The number of likely N-dealkylation sites (tertiary alicyclic amines) is 1. The molecule has 3 unspecified atom stereocenters. The van der Waals surface area contributed by atoms with Gasteiger partial charge >= 0.3 is 6.09 Å². The lowest BCUT2D eigenvalue weighted by molar-refractivity contribution is -0.148. The molecule has 1 saturated carbocycles. The molecule has 1 heterocycles. The third kappa shape index (κ3) is 4.87. The van der Waals surface area contributed by atoms with Crippen molar-refractivity contribution < 1.29 is 24.3 Å². The highest BCUT2D eigenvalue weighted by molar-refractivity contribution is 5.87. The van der Waals surface area contributed by atoms with E-state index in [0.29, 0.717) is 31.8 Å². The molecule has 1 saturated heterocycles. The Balaban J connectivity index is 1.66. The summed E-state index contributed by atoms with van der Waals surface area (Å²) in [6, 6.07) is 10.1. The summed E-state index contributed by atoms with van der Waals surface area (Å²) >= 11 is 0. The lowest BCUT2D eigenvalue weighted by Gasteiger charge is -2.35. The van der Waals surface area contributed by atoms with Gasteiger partial charge in [-0.15, -0.1) is 0 Å². The predicted octanol–water partition coefficient (Wildman–Crippen LogP) is 1.99. The minimum atomic E-state index is -0.725. The zero-order valence-electron chi connectivity index (χ0n) is 16.9. The van der Waals surface area contributed by atoms with Crippen molar-refractivity contribution in [3.8, 4) is 0 Å². The van der Waals surface area contributed by atoms with Gasteiger partial charge in [0.1, 0.15) is 6.10 Å². The molecule has 0 bridgehead atoms. The summed E-state index contributed by atoms with van der Waals surface area (Å²) < 4.78 is 5.41. The number of carbonyl (C=O) groups is 3. The second-order valence-electron chi connectivity index (χ2n) is 8.08. The summed E-state index contributed by atoms with van der Waals surface area (Å²) in [4.78, 5) is 40.4. The first kappa shape index (κ1) is 21.1. The Kier molecular flexibility index (Phi) is 6.74. The predicted molar refractivity (Wildman–Crippen MR) is 105 cm³/mol. The second-order valence-corrected chi connectivity index (χ2v) is 8.08. The number of nitrogens with zero attached hydrogens (tertiary/aromatic N) is 2. The molecule has 2 aliphatic rings. The first-order valence-corrected chi connectivity index (χ1v) is 10.1. The molecular weight excluding hydrogens is 374 g/mol. The molecule has 158 valence electrons. The van der Waals surface area contributed by atoms with Crippen molar-refractivity contribution in [2.24, 2.45) is 11.8 Å². The Labute approximate surface area is 170 Å². The maximum absolute atomic E-state index is 13.2. The standard InChI is InChI=1S/C21H29N3O5/c1-23(2)21(27)29-16-8-9-17(18(12-16)19(25)22-28)20(26)24-11-10-15(13-24)14-6-4-3-5-7-14/h3-7,15-18,28H,8-13H2,1-2H3,(H,22,25)/t15-,16?,17?,18?/m0/s1. The second kappa shape index (κ2) is 9.26. The third-order valence-corrected chi connectivity index (χ3v) is 5.97. The minimum Gasteiger partial charge on any atom is -0.446 e. The molecule has 8 nitrogen and oxygen atoms in total. The number of rotatable bonds is 4. The fourth-order valence-corrected chi connectivity index (χ4v) is 4.35. The van der Waals surface area contributed by atoms with Gasteiger partial charge in [-0.25, -0.2) is 10.3 Å². The van der Waals surface area contributed by atoms with Crippen LogP contribution in [0.2, 0.25) is 0 Å². The lowest BCUT2D eigenvalue weighted by atomic mass is 9.76. The maximum Gasteiger partial charge on any atom is 0.409 e. The fourth-order valence-electron chi connectivity index (χ4n) is 4.35. The van der Waals surface area contributed by atoms with Crippen molar-refractivity contribution in [3.05, 3.63) is 35.9 Å². The molecular formula is C21H29N3O5. The number of hydrogen-bond acceptors (Lipinski definition) is 5. The van der Waals surface area contributed by atoms with Crippen LogP contribution in [-0.4, -0.2) is 66.2 Å². The summed E-state index contributed by atoms with van der Waals surface area (Å²) in [6.07, 6.45) is 1.14. The summed E-state index contributed by atoms with van der Waals surface area (Å²) in [7, 11) is 3.18. The first-order valence-electron chi connectivity index (χ1n) is 10.1. The van der Waals surface area contributed by atoms with Crippen LogP contribution in [-0.2, 0) is 14.3 Å². The van der Waals surface area contributed by atoms with Gasteiger partial charge in [0, 0.05) is 33.1 Å². The molecule has 0 aromatic heterocycles. The van der Waals surface area contributed by atoms with Gasteiger partial charge in [-0.1, -0.05) is 30.3 Å². The van der Waals surface area contributed by atoms with Crippen molar-refractivity contribution in [1.29, 1.82) is 0 Å². The first-order chi connectivity index (χ1) is 13.9. The summed E-state index contributed by atoms with van der Waals surface area (Å²) in [5.74, 6) is -1.62. The Bertz CT molecular complexity index is 739. The molecule has 2 fully saturated rings. The van der Waals surface area contributed by atoms with Gasteiger partial charge in [0.05, 0.1) is 11.8 Å². The van der Waals surface area contributed by atoms with E-state index in [1.165, 1.54) is 10.5 Å². The SMILES string of the molecule is CN(C)C(=O)OC1CCC(C(=O)N2CC[C@H](c3ccccc3)C2)C(C(=O)NO)C1. The van der Waals surface area contributed by atoms with Gasteiger partial charge in [-0.05, 0) is 31.2 Å². The average Bonchev–Trinajstić information content (AvgIpc) is 3.23. The summed E-state index contributed by atoms with van der Waals surface area (Å²) in [5.41, 5.74) is 2.90. The van der Waals surface area contributed by atoms with Crippen molar-refractivity contribution in [1.82, 2.24) is 15.3 Å². The van der Waals surface area contributed by atoms with Gasteiger partial charge in [-0.3, -0.25) is 14.8 Å². The Hall–Kier alpha value is -2.61. The Morgan fingerprint density at radius 3 is 2.48 bits per heavy atom. The summed E-state index contributed by atoms with van der Waals surface area (Å²) in [6.45, 7) is 1.28. The van der Waals surface area contributed by atoms with Crippen LogP contribution in [0.1, 0.15) is 37.2 Å². The van der Waals surface area contributed by atoms with Gasteiger partial charge < -0.3 is 14.5 Å². The quantitative estimate of drug-likeness (QED) is 0.592. The van der Waals surface area contributed by atoms with Gasteiger partial charge in [0.15, 0.2) is 0 Å². The maximum atomic E-state index is 13.2. The van der Waals surface area contributed by atoms with Crippen LogP contribution in [0.4, 0.5) is 4.79 Å². The number of benzene rings is 1. The van der Waals surface area contributed by atoms with Crippen LogP contribution in [0.15, 0.2) is 30.3 Å². The van der Waals surface area contributed by atoms with E-state index in [1.54, 1.807) is 19.6 Å². The number of hydrogen-bond donors (Lipinski definition) is 2. The van der Waals surface area contributed by atoms with Crippen LogP contribution < -0.4 is 5.48 Å². The topological polar surface area (TPSA) is 99.2 Å². The third-order valence-electron chi connectivity index (χ3n) is 5.97. The van der Waals surface area contributed by atoms with Crippen LogP contribution in [0, 0.1) is 11.8 Å². The molecule has 3 amide bonds. The normalized spacial score (nSPS) is 26.7. The van der Waals surface area contributed by atoms with Gasteiger partial charge in [-0.2, -0.15) is 0 Å². The molecule has 4 atom stereocenters. The largest absolute Gasteiger partial charge is 0.446 e. The molecule has 2 N–H and O–H groups in total. The van der Waals surface area contributed by atoms with Crippen molar-refractivity contribution >= 4 is 17.9 Å². The monoisotopic (exact) mass is 403 g/mol. The number of hydroxylamine groups is 1. The van der Waals surface area contributed by atoms with Crippen LogP contribution in [0.3, 0.4) is 0 Å². The molecule has 1 aromatic carbocycles. The lowest BCUT2D eigenvalue weighted by Crippen LogP contribution is -2.47. The van der Waals surface area contributed by atoms with Crippen LogP contribution >= 0.6 is 0 Å². The molecule has 1 aliphatic carbocycles. The number of carbonyl (C=O) groups excluding carboxylic acids is 3. The van der Waals surface area contributed by atoms with E-state index >= 15 is 0 Å². The summed E-state index contributed by atoms with van der Waals surface area (Å²) in [5, 5.41) is 9.16. The highest BCUT2D eigenvalue weighted by Crippen LogP contribution is 2.36. The van der Waals surface area contributed by atoms with E-state index in [2.05, 4.69) is 12.1 Å². The van der Waals surface area contributed by atoms with E-state index in [4.69, 9.17) is 9.94 Å². The smallest absolute Gasteiger partial charge is 0.409 e. The van der Waals surface area contributed by atoms with Gasteiger partial charge in [0.25, 0.3) is 0 Å². The van der Waals surface area contributed by atoms with Crippen LogP contribution in [0.5, 0.6) is 0 Å². The van der Waals surface area contributed by atoms with Gasteiger partial charge in [0.2, 0.25) is 11.8 Å². The molecule has 8 heteroatoms.